The predicted molar refractivity (Wildman–Crippen MR) is 69.1 cm³/mol. The van der Waals surface area contributed by atoms with Crippen LogP contribution in [-0.2, 0) is 28.3 Å². The molecule has 20 heavy (non-hydrogen) atoms. The smallest absolute Gasteiger partial charge is 1.00 e. The van der Waals surface area contributed by atoms with E-state index < -0.39 is 0 Å². The molecule has 0 aliphatic heterocycles. The number of thiol groups is 1. The first-order chi connectivity index (χ1) is 7.77. The largest absolute Gasteiger partial charge is 3.00 e. The van der Waals surface area contributed by atoms with Gasteiger partial charge in [-0.05, 0) is 18.2 Å². The number of hydrogen-bond donors (Lipinski definition) is 3. The molecular formula is C13H13Cl3NOSTi. The number of benzene rings is 2. The summed E-state index contributed by atoms with van der Waals surface area (Å²) in [5.74, 6) is 0.312. The van der Waals surface area contributed by atoms with Gasteiger partial charge in [0.05, 0.1) is 0 Å². The van der Waals surface area contributed by atoms with Gasteiger partial charge in [0.2, 0.25) is 0 Å². The number of phenols is 1. The van der Waals surface area contributed by atoms with E-state index in [2.05, 4.69) is 17.9 Å². The summed E-state index contributed by atoms with van der Waals surface area (Å²) in [5.41, 5.74) is 1.84. The third-order valence-electron chi connectivity index (χ3n) is 2.36. The summed E-state index contributed by atoms with van der Waals surface area (Å²) in [6, 6.07) is 15.1. The van der Waals surface area contributed by atoms with Crippen LogP contribution in [0, 0.1) is 0 Å². The molecule has 0 unspecified atom stereocenters. The quantitative estimate of drug-likeness (QED) is 0.364. The minimum absolute atomic E-state index is 0. The molecule has 1 radical (unpaired) electrons. The second kappa shape index (κ2) is 12.7. The maximum Gasteiger partial charge on any atom is 3.00 e. The van der Waals surface area contributed by atoms with Crippen LogP contribution >= 0.6 is 12.6 Å². The average molecular weight is 386 g/mol. The van der Waals surface area contributed by atoms with Gasteiger partial charge < -0.3 is 47.6 Å². The molecular weight excluding hydrogens is 372 g/mol. The van der Waals surface area contributed by atoms with Crippen LogP contribution in [0.3, 0.4) is 0 Å². The van der Waals surface area contributed by atoms with Gasteiger partial charge in [0.25, 0.3) is 0 Å². The zero-order chi connectivity index (χ0) is 11.4. The molecule has 0 bridgehead atoms. The van der Waals surface area contributed by atoms with Gasteiger partial charge in [0.1, 0.15) is 5.75 Å². The van der Waals surface area contributed by atoms with Crippen LogP contribution in [0.25, 0.3) is 0 Å². The summed E-state index contributed by atoms with van der Waals surface area (Å²) >= 11 is 4.35. The molecule has 107 valence electrons. The molecule has 0 fully saturated rings. The first-order valence-corrected chi connectivity index (χ1v) is 5.51. The van der Waals surface area contributed by atoms with Crippen LogP contribution in [0.2, 0.25) is 0 Å². The van der Waals surface area contributed by atoms with E-state index in [1.54, 1.807) is 6.07 Å². The average Bonchev–Trinajstić information content (AvgIpc) is 2.30. The molecule has 7 heteroatoms. The number of halogens is 3. The van der Waals surface area contributed by atoms with Crippen molar-refractivity contribution in [1.29, 1.82) is 0 Å². The molecule has 0 saturated heterocycles. The van der Waals surface area contributed by atoms with Gasteiger partial charge in [-0.2, -0.15) is 0 Å². The third kappa shape index (κ3) is 7.12. The van der Waals surface area contributed by atoms with Crippen molar-refractivity contribution in [3.63, 3.8) is 0 Å². The summed E-state index contributed by atoms with van der Waals surface area (Å²) in [4.78, 5) is 0.901. The van der Waals surface area contributed by atoms with Gasteiger partial charge in [0.15, 0.2) is 0 Å². The van der Waals surface area contributed by atoms with Crippen molar-refractivity contribution < 1.29 is 64.0 Å². The fraction of sp³-hybridized carbons (Fsp3) is 0.0769. The molecule has 0 saturated carbocycles. The first kappa shape index (κ1) is 25.0. The maximum atomic E-state index is 9.60. The number of hydrogen-bond acceptors (Lipinski definition) is 3. The van der Waals surface area contributed by atoms with Crippen LogP contribution in [0.15, 0.2) is 53.4 Å². The van der Waals surface area contributed by atoms with Gasteiger partial charge in [-0.15, -0.1) is 12.6 Å². The predicted octanol–water partition coefficient (Wildman–Crippen LogP) is -5.70. The van der Waals surface area contributed by atoms with Crippen LogP contribution in [0.5, 0.6) is 5.75 Å². The van der Waals surface area contributed by atoms with Crippen LogP contribution in [0.1, 0.15) is 5.56 Å². The number of rotatable bonds is 3. The fourth-order valence-electron chi connectivity index (χ4n) is 1.47. The molecule has 2 aromatic rings. The Morgan fingerprint density at radius 2 is 1.45 bits per heavy atom. The third-order valence-corrected chi connectivity index (χ3v) is 2.75. The van der Waals surface area contributed by atoms with Crippen LogP contribution in [0.4, 0.5) is 5.69 Å². The van der Waals surface area contributed by atoms with Gasteiger partial charge >= 0.3 is 21.7 Å². The number of aromatic hydroxyl groups is 1. The molecule has 2 rings (SSSR count). The standard InChI is InChI=1S/C13H13NOS.3ClH.Ti/c15-12-7-3-1-5-10(12)9-14-11-6-2-4-8-13(11)16;;;;/h1-8,14-16H,9H2;3*1H;/q;;;;+3/p-3. The van der Waals surface area contributed by atoms with Gasteiger partial charge in [-0.3, -0.25) is 0 Å². The summed E-state index contributed by atoms with van der Waals surface area (Å²) < 4.78 is 0. The summed E-state index contributed by atoms with van der Waals surface area (Å²) in [6.45, 7) is 0.588. The van der Waals surface area contributed by atoms with E-state index in [0.717, 1.165) is 16.1 Å². The molecule has 0 heterocycles. The van der Waals surface area contributed by atoms with Gasteiger partial charge in [-0.25, -0.2) is 0 Å². The molecule has 0 aliphatic carbocycles. The number of phenolic OH excluding ortho intramolecular Hbond substituents is 1. The Morgan fingerprint density at radius 3 is 2.05 bits per heavy atom. The monoisotopic (exact) mass is 384 g/mol. The molecule has 0 aromatic heterocycles. The van der Waals surface area contributed by atoms with E-state index in [4.69, 9.17) is 0 Å². The van der Waals surface area contributed by atoms with Gasteiger partial charge in [0, 0.05) is 22.7 Å². The van der Waals surface area contributed by atoms with E-state index in [9.17, 15) is 5.11 Å². The number of para-hydroxylation sites is 2. The zero-order valence-corrected chi connectivity index (χ0v) is 15.1. The molecule has 2 nitrogen and oxygen atoms in total. The van der Waals surface area contributed by atoms with Crippen LogP contribution < -0.4 is 42.5 Å². The SMILES string of the molecule is Oc1ccccc1CNc1ccccc1S.[Cl-].[Cl-].[Cl-].[Ti+3]. The van der Waals surface area contributed by atoms with E-state index in [1.807, 2.05) is 42.5 Å². The Hall–Kier alpha value is -0.0257. The number of anilines is 1. The van der Waals surface area contributed by atoms with Crippen molar-refractivity contribution in [2.75, 3.05) is 5.32 Å². The Balaban J connectivity index is -0.000000722. The second-order valence-corrected chi connectivity index (χ2v) is 3.98. The Morgan fingerprint density at radius 1 is 0.900 bits per heavy atom. The number of nitrogens with one attached hydrogen (secondary N) is 1. The zero-order valence-electron chi connectivity index (χ0n) is 10.4. The molecule has 0 aliphatic rings. The Labute approximate surface area is 158 Å². The van der Waals surface area contributed by atoms with Crippen molar-refractivity contribution in [2.45, 2.75) is 11.4 Å². The Bertz CT molecular complexity index is 457. The van der Waals surface area contributed by atoms with Crippen molar-refractivity contribution in [3.8, 4) is 5.75 Å². The van der Waals surface area contributed by atoms with Gasteiger partial charge in [-0.1, -0.05) is 30.3 Å². The minimum atomic E-state index is 0. The van der Waals surface area contributed by atoms with E-state index >= 15 is 0 Å². The van der Waals surface area contributed by atoms with E-state index in [1.165, 1.54) is 0 Å². The molecule has 0 amide bonds. The molecule has 2 N–H and O–H groups in total. The first-order valence-electron chi connectivity index (χ1n) is 5.06. The summed E-state index contributed by atoms with van der Waals surface area (Å²) in [5, 5.41) is 12.8. The minimum Gasteiger partial charge on any atom is -1.00 e. The second-order valence-electron chi connectivity index (χ2n) is 3.50. The maximum absolute atomic E-state index is 9.60. The molecule has 0 atom stereocenters. The van der Waals surface area contributed by atoms with Crippen molar-refractivity contribution in [1.82, 2.24) is 0 Å². The summed E-state index contributed by atoms with van der Waals surface area (Å²) in [7, 11) is 0. The normalized spacial score (nSPS) is 8.05. The molecule has 0 spiro atoms. The van der Waals surface area contributed by atoms with E-state index in [-0.39, 0.29) is 58.9 Å². The summed E-state index contributed by atoms with van der Waals surface area (Å²) in [6.07, 6.45) is 0. The van der Waals surface area contributed by atoms with Crippen molar-refractivity contribution in [2.24, 2.45) is 0 Å². The Kier molecular flexibility index (Phi) is 15.8. The topological polar surface area (TPSA) is 32.3 Å². The fourth-order valence-corrected chi connectivity index (χ4v) is 1.71. The van der Waals surface area contributed by atoms with Crippen LogP contribution in [-0.4, -0.2) is 5.11 Å². The van der Waals surface area contributed by atoms with Crippen molar-refractivity contribution in [3.05, 3.63) is 54.1 Å². The molecule has 2 aromatic carbocycles. The van der Waals surface area contributed by atoms with E-state index in [0.29, 0.717) is 12.3 Å². The van der Waals surface area contributed by atoms with Crippen molar-refractivity contribution >= 4 is 18.3 Å².